The zero-order chi connectivity index (χ0) is 16.1. The number of hydrogen-bond acceptors (Lipinski definition) is 6. The number of benzene rings is 1. The smallest absolute Gasteiger partial charge is 0.302 e. The molecule has 9 heteroatoms. The number of aromatic nitrogens is 4. The quantitative estimate of drug-likeness (QED) is 0.498. The summed E-state index contributed by atoms with van der Waals surface area (Å²) in [6.07, 6.45) is 1.61. The van der Waals surface area contributed by atoms with Gasteiger partial charge in [0.2, 0.25) is 17.7 Å². The van der Waals surface area contributed by atoms with Gasteiger partial charge < -0.3 is 9.72 Å². The molecule has 23 heavy (non-hydrogen) atoms. The molecule has 1 aromatic carbocycles. The normalized spacial score (nSPS) is 11.0. The molecule has 120 valence electrons. The van der Waals surface area contributed by atoms with Gasteiger partial charge in [0.1, 0.15) is 6.61 Å². The Labute approximate surface area is 136 Å². The van der Waals surface area contributed by atoms with Crippen LogP contribution < -0.4 is 10.00 Å². The molecule has 0 fully saturated rings. The van der Waals surface area contributed by atoms with Crippen LogP contribution in [-0.4, -0.2) is 40.6 Å². The van der Waals surface area contributed by atoms with Crippen molar-refractivity contribution in [3.05, 3.63) is 30.5 Å². The lowest BCUT2D eigenvalue weighted by molar-refractivity contribution is -0.763. The standard InChI is InChI=1S/C14H15N5O3S/c1-21-7-6-19-8-13(22-18-19)17-12(20)9-23-14-15-10-4-2-3-5-11(10)16-14/h2-5,8H,6-7,9H2,1H3,(H-,15,16,17,18,20)/p+1. The van der Waals surface area contributed by atoms with E-state index in [1.807, 2.05) is 24.3 Å². The summed E-state index contributed by atoms with van der Waals surface area (Å²) in [7, 11) is 1.61. The number of hydrogen-bond donors (Lipinski definition) is 2. The lowest BCUT2D eigenvalue weighted by Gasteiger charge is -1.97. The average molecular weight is 334 g/mol. The van der Waals surface area contributed by atoms with Crippen molar-refractivity contribution in [3.8, 4) is 0 Å². The van der Waals surface area contributed by atoms with E-state index in [1.165, 1.54) is 11.8 Å². The van der Waals surface area contributed by atoms with Gasteiger partial charge in [0.05, 0.1) is 16.8 Å². The van der Waals surface area contributed by atoms with Crippen molar-refractivity contribution in [2.75, 3.05) is 24.8 Å². The number of para-hydroxylation sites is 2. The third-order valence-electron chi connectivity index (χ3n) is 3.01. The van der Waals surface area contributed by atoms with Crippen LogP contribution in [0.4, 0.5) is 5.88 Å². The Hall–Kier alpha value is -2.39. The molecule has 8 nitrogen and oxygen atoms in total. The number of thioether (sulfide) groups is 1. The van der Waals surface area contributed by atoms with E-state index in [4.69, 9.17) is 9.26 Å². The minimum Gasteiger partial charge on any atom is -0.378 e. The Morgan fingerprint density at radius 3 is 3.17 bits per heavy atom. The topological polar surface area (TPSA) is 96.9 Å². The molecule has 0 aliphatic carbocycles. The van der Waals surface area contributed by atoms with Crippen molar-refractivity contribution in [2.45, 2.75) is 11.7 Å². The Morgan fingerprint density at radius 1 is 1.48 bits per heavy atom. The molecular weight excluding hydrogens is 318 g/mol. The third-order valence-corrected chi connectivity index (χ3v) is 3.88. The van der Waals surface area contributed by atoms with Crippen molar-refractivity contribution in [1.82, 2.24) is 15.2 Å². The maximum atomic E-state index is 11.9. The van der Waals surface area contributed by atoms with Crippen LogP contribution in [0, 0.1) is 0 Å². The predicted molar refractivity (Wildman–Crippen MR) is 84.0 cm³/mol. The molecule has 1 amide bonds. The van der Waals surface area contributed by atoms with Gasteiger partial charge in [-0.3, -0.25) is 14.6 Å². The fourth-order valence-corrected chi connectivity index (χ4v) is 2.61. The maximum absolute atomic E-state index is 11.9. The number of H-pyrrole nitrogens is 1. The third kappa shape index (κ3) is 4.08. The number of rotatable bonds is 7. The van der Waals surface area contributed by atoms with Crippen LogP contribution in [0.2, 0.25) is 0 Å². The number of amides is 1. The fraction of sp³-hybridized carbons (Fsp3) is 0.286. The summed E-state index contributed by atoms with van der Waals surface area (Å²) in [5.41, 5.74) is 1.83. The molecule has 0 aliphatic rings. The summed E-state index contributed by atoms with van der Waals surface area (Å²) < 4.78 is 11.5. The van der Waals surface area contributed by atoms with E-state index in [0.717, 1.165) is 11.0 Å². The number of aromatic amines is 1. The van der Waals surface area contributed by atoms with Crippen LogP contribution in [0.3, 0.4) is 0 Å². The van der Waals surface area contributed by atoms with E-state index >= 15 is 0 Å². The van der Waals surface area contributed by atoms with Gasteiger partial charge in [0, 0.05) is 7.11 Å². The van der Waals surface area contributed by atoms with Crippen molar-refractivity contribution >= 4 is 34.6 Å². The summed E-state index contributed by atoms with van der Waals surface area (Å²) in [5.74, 6) is 0.334. The minimum absolute atomic E-state index is 0.189. The molecule has 0 saturated heterocycles. The number of carbonyl (C=O) groups is 1. The number of nitrogens with one attached hydrogen (secondary N) is 2. The first-order valence-corrected chi connectivity index (χ1v) is 7.96. The lowest BCUT2D eigenvalue weighted by atomic mass is 10.3. The molecule has 0 saturated carbocycles. The summed E-state index contributed by atoms with van der Waals surface area (Å²) in [5, 5.41) is 7.13. The van der Waals surface area contributed by atoms with Crippen LogP contribution in [0.25, 0.3) is 11.0 Å². The van der Waals surface area contributed by atoms with Crippen LogP contribution in [-0.2, 0) is 16.1 Å². The Kier molecular flexibility index (Phi) is 4.89. The van der Waals surface area contributed by atoms with E-state index < -0.39 is 0 Å². The van der Waals surface area contributed by atoms with Crippen LogP contribution in [0.1, 0.15) is 0 Å². The maximum Gasteiger partial charge on any atom is 0.302 e. The second-order valence-electron chi connectivity index (χ2n) is 4.72. The molecule has 2 N–H and O–H groups in total. The van der Waals surface area contributed by atoms with E-state index in [-0.39, 0.29) is 11.7 Å². The second-order valence-corrected chi connectivity index (χ2v) is 5.68. The highest BCUT2D eigenvalue weighted by Crippen LogP contribution is 2.19. The number of ether oxygens (including phenoxy) is 1. The number of nitrogens with zero attached hydrogens (tertiary/aromatic N) is 3. The van der Waals surface area contributed by atoms with Crippen molar-refractivity contribution < 1.29 is 18.7 Å². The van der Waals surface area contributed by atoms with E-state index in [2.05, 4.69) is 20.6 Å². The van der Waals surface area contributed by atoms with E-state index in [1.54, 1.807) is 18.0 Å². The summed E-state index contributed by atoms with van der Waals surface area (Å²) in [6, 6.07) is 7.72. The first-order chi connectivity index (χ1) is 11.2. The molecule has 2 heterocycles. The number of fused-ring (bicyclic) bond motifs is 1. The molecule has 3 aromatic rings. The Bertz CT molecular complexity index is 767. The summed E-state index contributed by atoms with van der Waals surface area (Å²) >= 11 is 1.33. The van der Waals surface area contributed by atoms with Crippen LogP contribution in [0.5, 0.6) is 0 Å². The predicted octanol–water partition coefficient (Wildman–Crippen LogP) is 1.22. The lowest BCUT2D eigenvalue weighted by Crippen LogP contribution is -2.36. The van der Waals surface area contributed by atoms with Gasteiger partial charge in [-0.25, -0.2) is 4.98 Å². The molecule has 0 radical (unpaired) electrons. The van der Waals surface area contributed by atoms with Gasteiger partial charge in [-0.15, -0.1) is 0 Å². The van der Waals surface area contributed by atoms with E-state index in [9.17, 15) is 4.79 Å². The van der Waals surface area contributed by atoms with Crippen LogP contribution >= 0.6 is 11.8 Å². The van der Waals surface area contributed by atoms with Crippen molar-refractivity contribution in [3.63, 3.8) is 0 Å². The summed E-state index contributed by atoms with van der Waals surface area (Å²) in [6.45, 7) is 1.08. The molecule has 0 atom stereocenters. The molecule has 0 spiro atoms. The highest BCUT2D eigenvalue weighted by atomic mass is 32.2. The van der Waals surface area contributed by atoms with Gasteiger partial charge in [0.25, 0.3) is 6.20 Å². The SMILES string of the molecule is COCC[n+]1cc(NC(=O)CSc2nc3ccccc3[nH]2)on1. The van der Waals surface area contributed by atoms with Crippen molar-refractivity contribution in [1.29, 1.82) is 0 Å². The zero-order valence-corrected chi connectivity index (χ0v) is 13.3. The molecule has 0 bridgehead atoms. The van der Waals surface area contributed by atoms with Crippen LogP contribution in [0.15, 0.2) is 40.1 Å². The molecule has 2 aromatic heterocycles. The molecule has 0 unspecified atom stereocenters. The first kappa shape index (κ1) is 15.5. The highest BCUT2D eigenvalue weighted by molar-refractivity contribution is 7.99. The molecule has 3 rings (SSSR count). The molecule has 0 aliphatic heterocycles. The van der Waals surface area contributed by atoms with Gasteiger partial charge in [-0.05, 0) is 16.8 Å². The van der Waals surface area contributed by atoms with Gasteiger partial charge in [-0.1, -0.05) is 23.9 Å². The minimum atomic E-state index is -0.189. The monoisotopic (exact) mass is 334 g/mol. The summed E-state index contributed by atoms with van der Waals surface area (Å²) in [4.78, 5) is 19.5. The van der Waals surface area contributed by atoms with Gasteiger partial charge in [-0.2, -0.15) is 0 Å². The number of carbonyl (C=O) groups excluding carboxylic acids is 1. The van der Waals surface area contributed by atoms with Gasteiger partial charge in [0.15, 0.2) is 5.16 Å². The molecular formula is C14H16N5O3S+. The number of methoxy groups -OCH3 is 1. The number of imidazole rings is 1. The highest BCUT2D eigenvalue weighted by Gasteiger charge is 2.14. The van der Waals surface area contributed by atoms with Gasteiger partial charge >= 0.3 is 5.88 Å². The zero-order valence-electron chi connectivity index (χ0n) is 12.5. The van der Waals surface area contributed by atoms with E-state index in [0.29, 0.717) is 24.2 Å². The Balaban J connectivity index is 1.52. The first-order valence-electron chi connectivity index (χ1n) is 6.97. The second kappa shape index (κ2) is 7.25. The number of anilines is 1. The fourth-order valence-electron chi connectivity index (χ4n) is 1.93. The largest absolute Gasteiger partial charge is 0.378 e. The Morgan fingerprint density at radius 2 is 2.35 bits per heavy atom. The average Bonchev–Trinajstić information content (AvgIpc) is 3.17. The van der Waals surface area contributed by atoms with Crippen molar-refractivity contribution in [2.24, 2.45) is 0 Å².